The number of unbranched alkanes of at least 4 members (excludes halogenated alkanes) is 2. The summed E-state index contributed by atoms with van der Waals surface area (Å²) < 4.78 is 41.3. The summed E-state index contributed by atoms with van der Waals surface area (Å²) in [7, 11) is 0. The first kappa shape index (κ1) is 17.8. The largest absolute Gasteiger partial charge is 0.573 e. The monoisotopic (exact) mass is 368 g/mol. The molecule has 0 bridgehead atoms. The Morgan fingerprint density at radius 2 is 2.00 bits per heavy atom. The van der Waals surface area contributed by atoms with Crippen molar-refractivity contribution in [1.29, 1.82) is 0 Å². The molecule has 1 amide bonds. The maximum Gasteiger partial charge on any atom is 0.573 e. The van der Waals surface area contributed by atoms with E-state index in [1.165, 1.54) is 12.1 Å². The molecular weight excluding hydrogens is 353 g/mol. The normalized spacial score (nSPS) is 11.3. The lowest BCUT2D eigenvalue weighted by Gasteiger charge is -2.14. The summed E-state index contributed by atoms with van der Waals surface area (Å²) in [5.41, 5.74) is 5.32. The van der Waals surface area contributed by atoms with Gasteiger partial charge in [-0.05, 0) is 37.6 Å². The van der Waals surface area contributed by atoms with Gasteiger partial charge >= 0.3 is 6.36 Å². The fourth-order valence-corrected chi connectivity index (χ4v) is 1.97. The van der Waals surface area contributed by atoms with Gasteiger partial charge in [-0.25, -0.2) is 0 Å². The van der Waals surface area contributed by atoms with E-state index in [1.54, 1.807) is 0 Å². The second-order valence-electron chi connectivity index (χ2n) is 4.34. The second kappa shape index (κ2) is 8.23. The molecule has 3 N–H and O–H groups in total. The standard InChI is InChI=1S/C13H16BrF3N2O2/c14-9-5-6-10(11(8-9)21-13(15,16)17)19-12(20)4-2-1-3-7-18/h5-6,8H,1-4,7,18H2,(H,19,20). The van der Waals surface area contributed by atoms with E-state index in [-0.39, 0.29) is 18.0 Å². The van der Waals surface area contributed by atoms with Gasteiger partial charge in [0, 0.05) is 10.9 Å². The molecular formula is C13H16BrF3N2O2. The Kier molecular flexibility index (Phi) is 6.97. The number of carbonyl (C=O) groups is 1. The molecule has 1 rings (SSSR count). The van der Waals surface area contributed by atoms with E-state index in [9.17, 15) is 18.0 Å². The lowest BCUT2D eigenvalue weighted by molar-refractivity contribution is -0.274. The van der Waals surface area contributed by atoms with Gasteiger partial charge in [0.15, 0.2) is 5.75 Å². The molecule has 1 aromatic rings. The minimum Gasteiger partial charge on any atom is -0.404 e. The molecule has 0 radical (unpaired) electrons. The molecule has 0 fully saturated rings. The number of alkyl halides is 3. The minimum absolute atomic E-state index is 0.0145. The van der Waals surface area contributed by atoms with Gasteiger partial charge in [0.1, 0.15) is 0 Å². The van der Waals surface area contributed by atoms with Crippen LogP contribution in [0.3, 0.4) is 0 Å². The van der Waals surface area contributed by atoms with Crippen LogP contribution in [-0.4, -0.2) is 18.8 Å². The second-order valence-corrected chi connectivity index (χ2v) is 5.25. The lowest BCUT2D eigenvalue weighted by Crippen LogP contribution is -2.19. The first-order valence-electron chi connectivity index (χ1n) is 6.37. The Hall–Kier alpha value is -1.28. The van der Waals surface area contributed by atoms with Crippen LogP contribution in [0.5, 0.6) is 5.75 Å². The third-order valence-electron chi connectivity index (χ3n) is 2.55. The molecule has 0 aliphatic rings. The number of benzene rings is 1. The number of rotatable bonds is 7. The van der Waals surface area contributed by atoms with Crippen molar-refractivity contribution in [2.45, 2.75) is 32.0 Å². The third kappa shape index (κ3) is 7.33. The van der Waals surface area contributed by atoms with Gasteiger partial charge in [0.2, 0.25) is 5.91 Å². The summed E-state index contributed by atoms with van der Waals surface area (Å²) in [4.78, 5) is 11.7. The Bertz CT molecular complexity index is 481. The average Bonchev–Trinajstić information content (AvgIpc) is 2.36. The van der Waals surface area contributed by atoms with E-state index < -0.39 is 12.1 Å². The van der Waals surface area contributed by atoms with E-state index in [4.69, 9.17) is 5.73 Å². The zero-order valence-electron chi connectivity index (χ0n) is 11.2. The van der Waals surface area contributed by atoms with Crippen LogP contribution in [-0.2, 0) is 4.79 Å². The molecule has 0 aliphatic heterocycles. The van der Waals surface area contributed by atoms with Crippen molar-refractivity contribution in [3.05, 3.63) is 22.7 Å². The van der Waals surface area contributed by atoms with Gasteiger partial charge in [0.05, 0.1) is 5.69 Å². The van der Waals surface area contributed by atoms with Crippen molar-refractivity contribution >= 4 is 27.5 Å². The molecule has 0 aliphatic carbocycles. The fraction of sp³-hybridized carbons (Fsp3) is 0.462. The van der Waals surface area contributed by atoms with Crippen LogP contribution in [0.25, 0.3) is 0 Å². The number of amides is 1. The van der Waals surface area contributed by atoms with Gasteiger partial charge in [-0.2, -0.15) is 0 Å². The number of ether oxygens (including phenoxy) is 1. The molecule has 4 nitrogen and oxygen atoms in total. The Morgan fingerprint density at radius 3 is 2.62 bits per heavy atom. The summed E-state index contributed by atoms with van der Waals surface area (Å²) in [5, 5.41) is 2.42. The van der Waals surface area contributed by atoms with Crippen molar-refractivity contribution in [3.8, 4) is 5.75 Å². The van der Waals surface area contributed by atoms with Crippen molar-refractivity contribution < 1.29 is 22.7 Å². The Balaban J connectivity index is 2.67. The van der Waals surface area contributed by atoms with Gasteiger partial charge in [-0.1, -0.05) is 22.4 Å². The summed E-state index contributed by atoms with van der Waals surface area (Å²) in [6.45, 7) is 0.553. The molecule has 0 heterocycles. The lowest BCUT2D eigenvalue weighted by atomic mass is 10.2. The smallest absolute Gasteiger partial charge is 0.404 e. The number of hydrogen-bond donors (Lipinski definition) is 2. The molecule has 0 atom stereocenters. The number of hydrogen-bond acceptors (Lipinski definition) is 3. The van der Waals surface area contributed by atoms with Crippen molar-refractivity contribution in [3.63, 3.8) is 0 Å². The highest BCUT2D eigenvalue weighted by atomic mass is 79.9. The predicted octanol–water partition coefficient (Wildman–Crippen LogP) is 3.81. The van der Waals surface area contributed by atoms with Crippen LogP contribution in [0.4, 0.5) is 18.9 Å². The molecule has 8 heteroatoms. The molecule has 0 spiro atoms. The van der Waals surface area contributed by atoms with E-state index >= 15 is 0 Å². The summed E-state index contributed by atoms with van der Waals surface area (Å²) >= 11 is 3.06. The SMILES string of the molecule is NCCCCCC(=O)Nc1ccc(Br)cc1OC(F)(F)F. The molecule has 118 valence electrons. The van der Waals surface area contributed by atoms with Crippen LogP contribution in [0.1, 0.15) is 25.7 Å². The summed E-state index contributed by atoms with van der Waals surface area (Å²) in [5.74, 6) is -0.812. The zero-order valence-corrected chi connectivity index (χ0v) is 12.8. The van der Waals surface area contributed by atoms with E-state index in [1.807, 2.05) is 0 Å². The fourth-order valence-electron chi connectivity index (χ4n) is 1.63. The molecule has 0 unspecified atom stereocenters. The quantitative estimate of drug-likeness (QED) is 0.719. The Morgan fingerprint density at radius 1 is 1.29 bits per heavy atom. The number of anilines is 1. The molecule has 21 heavy (non-hydrogen) atoms. The molecule has 1 aromatic carbocycles. The zero-order chi connectivity index (χ0) is 15.9. The highest BCUT2D eigenvalue weighted by Gasteiger charge is 2.32. The highest BCUT2D eigenvalue weighted by Crippen LogP contribution is 2.33. The maximum absolute atomic E-state index is 12.3. The van der Waals surface area contributed by atoms with Crippen molar-refractivity contribution in [1.82, 2.24) is 0 Å². The van der Waals surface area contributed by atoms with Crippen LogP contribution in [0, 0.1) is 0 Å². The first-order valence-corrected chi connectivity index (χ1v) is 7.16. The number of nitrogens with one attached hydrogen (secondary N) is 1. The van der Waals surface area contributed by atoms with Crippen LogP contribution in [0.15, 0.2) is 22.7 Å². The van der Waals surface area contributed by atoms with E-state index in [0.29, 0.717) is 17.4 Å². The predicted molar refractivity (Wildman–Crippen MR) is 77.0 cm³/mol. The van der Waals surface area contributed by atoms with Crippen molar-refractivity contribution in [2.24, 2.45) is 5.73 Å². The van der Waals surface area contributed by atoms with Crippen LogP contribution >= 0.6 is 15.9 Å². The minimum atomic E-state index is -4.82. The molecule has 0 saturated heterocycles. The first-order chi connectivity index (χ1) is 9.81. The van der Waals surface area contributed by atoms with Crippen LogP contribution in [0.2, 0.25) is 0 Å². The number of nitrogens with two attached hydrogens (primary N) is 1. The van der Waals surface area contributed by atoms with Crippen molar-refractivity contribution in [2.75, 3.05) is 11.9 Å². The molecule has 0 saturated carbocycles. The third-order valence-corrected chi connectivity index (χ3v) is 3.04. The summed E-state index contributed by atoms with van der Waals surface area (Å²) in [6.07, 6.45) is -2.35. The van der Waals surface area contributed by atoms with Gasteiger partial charge < -0.3 is 15.8 Å². The van der Waals surface area contributed by atoms with E-state index in [0.717, 1.165) is 18.9 Å². The number of halogens is 4. The van der Waals surface area contributed by atoms with Gasteiger partial charge in [-0.3, -0.25) is 4.79 Å². The van der Waals surface area contributed by atoms with E-state index in [2.05, 4.69) is 26.0 Å². The Labute approximate surface area is 129 Å². The number of carbonyl (C=O) groups excluding carboxylic acids is 1. The highest BCUT2D eigenvalue weighted by molar-refractivity contribution is 9.10. The van der Waals surface area contributed by atoms with Crippen LogP contribution < -0.4 is 15.8 Å². The topological polar surface area (TPSA) is 64.4 Å². The summed E-state index contributed by atoms with van der Waals surface area (Å²) in [6, 6.07) is 4.02. The average molecular weight is 369 g/mol. The van der Waals surface area contributed by atoms with Gasteiger partial charge in [0.25, 0.3) is 0 Å². The molecule has 0 aromatic heterocycles. The maximum atomic E-state index is 12.3. The van der Waals surface area contributed by atoms with Gasteiger partial charge in [-0.15, -0.1) is 13.2 Å².